The highest BCUT2D eigenvalue weighted by atomic mass is 16.3. The van der Waals surface area contributed by atoms with Crippen LogP contribution >= 0.6 is 0 Å². The van der Waals surface area contributed by atoms with E-state index in [1.807, 2.05) is 13.0 Å². The maximum absolute atomic E-state index is 9.53. The van der Waals surface area contributed by atoms with Crippen LogP contribution in [-0.2, 0) is 6.42 Å². The fraction of sp³-hybridized carbons (Fsp3) is 0.400. The van der Waals surface area contributed by atoms with E-state index in [4.69, 9.17) is 10.8 Å². The lowest BCUT2D eigenvalue weighted by Crippen LogP contribution is -2.14. The standard InChI is InChI=1S/C10H15NO2/c1-2-7-3-4-8(9(11)6-12)10(13)5-7/h3-5,9,12-13H,2,6,11H2,1H3/t9-/m1/s1. The van der Waals surface area contributed by atoms with Crippen molar-refractivity contribution >= 4 is 0 Å². The Morgan fingerprint density at radius 2 is 2.15 bits per heavy atom. The summed E-state index contributed by atoms with van der Waals surface area (Å²) in [6.07, 6.45) is 0.877. The van der Waals surface area contributed by atoms with Crippen molar-refractivity contribution in [2.75, 3.05) is 6.61 Å². The van der Waals surface area contributed by atoms with Crippen LogP contribution in [0.15, 0.2) is 18.2 Å². The number of nitrogens with two attached hydrogens (primary N) is 1. The monoisotopic (exact) mass is 181 g/mol. The Bertz CT molecular complexity index is 286. The first-order chi connectivity index (χ1) is 6.19. The van der Waals surface area contributed by atoms with Crippen molar-refractivity contribution in [2.24, 2.45) is 5.73 Å². The molecule has 1 aromatic carbocycles. The third-order valence-electron chi connectivity index (χ3n) is 2.10. The predicted octanol–water partition coefficient (Wildman–Crippen LogP) is 0.947. The zero-order valence-electron chi connectivity index (χ0n) is 7.70. The SMILES string of the molecule is CCc1ccc([C@H](N)CO)c(O)c1. The second-order valence-electron chi connectivity index (χ2n) is 3.04. The molecule has 4 N–H and O–H groups in total. The lowest BCUT2D eigenvalue weighted by Gasteiger charge is -2.11. The van der Waals surface area contributed by atoms with Gasteiger partial charge < -0.3 is 15.9 Å². The van der Waals surface area contributed by atoms with E-state index < -0.39 is 6.04 Å². The molecule has 0 saturated carbocycles. The van der Waals surface area contributed by atoms with Crippen molar-refractivity contribution in [2.45, 2.75) is 19.4 Å². The Hall–Kier alpha value is -1.06. The fourth-order valence-electron chi connectivity index (χ4n) is 1.22. The molecule has 0 heterocycles. The highest BCUT2D eigenvalue weighted by Crippen LogP contribution is 2.23. The summed E-state index contributed by atoms with van der Waals surface area (Å²) in [7, 11) is 0. The van der Waals surface area contributed by atoms with Gasteiger partial charge in [0.15, 0.2) is 0 Å². The van der Waals surface area contributed by atoms with Crippen LogP contribution in [0.4, 0.5) is 0 Å². The predicted molar refractivity (Wildman–Crippen MR) is 51.5 cm³/mol. The number of aliphatic hydroxyl groups is 1. The first-order valence-electron chi connectivity index (χ1n) is 4.37. The van der Waals surface area contributed by atoms with Crippen LogP contribution < -0.4 is 5.73 Å². The van der Waals surface area contributed by atoms with Crippen molar-refractivity contribution < 1.29 is 10.2 Å². The lowest BCUT2D eigenvalue weighted by molar-refractivity contribution is 0.265. The number of aryl methyl sites for hydroxylation is 1. The summed E-state index contributed by atoms with van der Waals surface area (Å²) in [6, 6.07) is 4.86. The molecule has 0 saturated heterocycles. The van der Waals surface area contributed by atoms with Gasteiger partial charge >= 0.3 is 0 Å². The van der Waals surface area contributed by atoms with Gasteiger partial charge in [0, 0.05) is 5.56 Å². The first-order valence-corrected chi connectivity index (χ1v) is 4.37. The Labute approximate surface area is 77.8 Å². The number of phenols is 1. The maximum Gasteiger partial charge on any atom is 0.120 e. The number of benzene rings is 1. The average Bonchev–Trinajstić information content (AvgIpc) is 2.16. The van der Waals surface area contributed by atoms with E-state index in [9.17, 15) is 5.11 Å². The van der Waals surface area contributed by atoms with Crippen molar-refractivity contribution in [3.05, 3.63) is 29.3 Å². The maximum atomic E-state index is 9.53. The molecule has 1 aromatic rings. The lowest BCUT2D eigenvalue weighted by atomic mass is 10.0. The van der Waals surface area contributed by atoms with Gasteiger partial charge in [0.1, 0.15) is 5.75 Å². The van der Waals surface area contributed by atoms with E-state index in [0.717, 1.165) is 12.0 Å². The quantitative estimate of drug-likeness (QED) is 0.650. The van der Waals surface area contributed by atoms with Gasteiger partial charge in [-0.3, -0.25) is 0 Å². The number of aliphatic hydroxyl groups excluding tert-OH is 1. The smallest absolute Gasteiger partial charge is 0.120 e. The largest absolute Gasteiger partial charge is 0.508 e. The van der Waals surface area contributed by atoms with E-state index in [2.05, 4.69) is 0 Å². The molecule has 13 heavy (non-hydrogen) atoms. The highest BCUT2D eigenvalue weighted by molar-refractivity contribution is 5.38. The zero-order valence-corrected chi connectivity index (χ0v) is 7.70. The van der Waals surface area contributed by atoms with Gasteiger partial charge in [-0.05, 0) is 18.1 Å². The molecule has 1 rings (SSSR count). The molecular formula is C10H15NO2. The zero-order chi connectivity index (χ0) is 9.84. The Kier molecular flexibility index (Phi) is 3.28. The number of rotatable bonds is 3. The van der Waals surface area contributed by atoms with Gasteiger partial charge in [0.25, 0.3) is 0 Å². The second kappa shape index (κ2) is 4.25. The molecule has 0 aliphatic rings. The summed E-state index contributed by atoms with van der Waals surface area (Å²) in [6.45, 7) is 1.86. The topological polar surface area (TPSA) is 66.5 Å². The molecule has 0 spiro atoms. The molecule has 0 amide bonds. The van der Waals surface area contributed by atoms with Crippen LogP contribution in [0.2, 0.25) is 0 Å². The molecule has 0 bridgehead atoms. The van der Waals surface area contributed by atoms with E-state index in [1.165, 1.54) is 0 Å². The van der Waals surface area contributed by atoms with Gasteiger partial charge in [-0.1, -0.05) is 19.1 Å². The summed E-state index contributed by atoms with van der Waals surface area (Å²) >= 11 is 0. The molecule has 0 unspecified atom stereocenters. The molecule has 0 aromatic heterocycles. The minimum absolute atomic E-state index is 0.154. The average molecular weight is 181 g/mol. The second-order valence-corrected chi connectivity index (χ2v) is 3.04. The summed E-state index contributed by atoms with van der Waals surface area (Å²) in [4.78, 5) is 0. The Morgan fingerprint density at radius 1 is 1.46 bits per heavy atom. The normalized spacial score (nSPS) is 12.8. The molecule has 0 aliphatic carbocycles. The number of aromatic hydroxyl groups is 1. The fourth-order valence-corrected chi connectivity index (χ4v) is 1.22. The molecule has 1 atom stereocenters. The third kappa shape index (κ3) is 2.20. The van der Waals surface area contributed by atoms with Gasteiger partial charge in [0.2, 0.25) is 0 Å². The van der Waals surface area contributed by atoms with E-state index >= 15 is 0 Å². The van der Waals surface area contributed by atoms with Crippen LogP contribution in [0.25, 0.3) is 0 Å². The van der Waals surface area contributed by atoms with Crippen LogP contribution in [0.5, 0.6) is 5.75 Å². The first kappa shape index (κ1) is 10.0. The molecule has 72 valence electrons. The van der Waals surface area contributed by atoms with Crippen molar-refractivity contribution in [1.82, 2.24) is 0 Å². The third-order valence-corrected chi connectivity index (χ3v) is 2.10. The Balaban J connectivity index is 2.98. The van der Waals surface area contributed by atoms with E-state index in [0.29, 0.717) is 5.56 Å². The van der Waals surface area contributed by atoms with Crippen LogP contribution in [0.1, 0.15) is 24.1 Å². The highest BCUT2D eigenvalue weighted by Gasteiger charge is 2.09. The minimum Gasteiger partial charge on any atom is -0.508 e. The van der Waals surface area contributed by atoms with Crippen molar-refractivity contribution in [3.8, 4) is 5.75 Å². The van der Waals surface area contributed by atoms with E-state index in [1.54, 1.807) is 12.1 Å². The molecular weight excluding hydrogens is 166 g/mol. The van der Waals surface area contributed by atoms with Crippen molar-refractivity contribution in [1.29, 1.82) is 0 Å². The number of hydrogen-bond donors (Lipinski definition) is 3. The number of hydrogen-bond acceptors (Lipinski definition) is 3. The molecule has 0 aliphatic heterocycles. The molecule has 3 nitrogen and oxygen atoms in total. The molecule has 0 radical (unpaired) electrons. The van der Waals surface area contributed by atoms with Gasteiger partial charge in [-0.25, -0.2) is 0 Å². The van der Waals surface area contributed by atoms with Crippen molar-refractivity contribution in [3.63, 3.8) is 0 Å². The molecule has 3 heteroatoms. The van der Waals surface area contributed by atoms with Gasteiger partial charge in [-0.2, -0.15) is 0 Å². The van der Waals surface area contributed by atoms with E-state index in [-0.39, 0.29) is 12.4 Å². The van der Waals surface area contributed by atoms with Gasteiger partial charge in [0.05, 0.1) is 12.6 Å². The summed E-state index contributed by atoms with van der Waals surface area (Å²) in [5, 5.41) is 18.3. The summed E-state index contributed by atoms with van der Waals surface area (Å²) in [5.74, 6) is 0.168. The molecule has 0 fully saturated rings. The number of phenolic OH excluding ortho intramolecular Hbond substituents is 1. The Morgan fingerprint density at radius 3 is 2.62 bits per heavy atom. The van der Waals surface area contributed by atoms with Gasteiger partial charge in [-0.15, -0.1) is 0 Å². The summed E-state index contributed by atoms with van der Waals surface area (Å²) in [5.41, 5.74) is 7.24. The van der Waals surface area contributed by atoms with Crippen LogP contribution in [0.3, 0.4) is 0 Å². The minimum atomic E-state index is -0.495. The van der Waals surface area contributed by atoms with Crippen LogP contribution in [-0.4, -0.2) is 16.8 Å². The van der Waals surface area contributed by atoms with Crippen LogP contribution in [0, 0.1) is 0 Å². The summed E-state index contributed by atoms with van der Waals surface area (Å²) < 4.78 is 0.